The van der Waals surface area contributed by atoms with Gasteiger partial charge < -0.3 is 24.8 Å². The van der Waals surface area contributed by atoms with Gasteiger partial charge in [0, 0.05) is 11.1 Å². The number of carbonyl (C=O) groups is 2. The standard InChI is InChI=1S/C22H17N3O6/c1-30-14-9-7-13(8-10-14)18-16-17(12-5-3-2-4-6-12)24-19(20(28)21(16)31-25-18)22(29)23-11-15(26)27/h2-10,28H,11H2,1H3,(H,23,29)(H,26,27). The smallest absolute Gasteiger partial charge is 0.322 e. The number of aromatic nitrogens is 2. The zero-order valence-electron chi connectivity index (χ0n) is 16.3. The predicted molar refractivity (Wildman–Crippen MR) is 111 cm³/mol. The lowest BCUT2D eigenvalue weighted by molar-refractivity contribution is -0.135. The van der Waals surface area contributed by atoms with Crippen LogP contribution in [0.2, 0.25) is 0 Å². The van der Waals surface area contributed by atoms with E-state index < -0.39 is 24.2 Å². The van der Waals surface area contributed by atoms with E-state index in [9.17, 15) is 14.7 Å². The Kier molecular flexibility index (Phi) is 5.23. The van der Waals surface area contributed by atoms with Gasteiger partial charge in [-0.1, -0.05) is 35.5 Å². The molecule has 9 nitrogen and oxygen atoms in total. The Bertz CT molecular complexity index is 1270. The Labute approximate surface area is 175 Å². The summed E-state index contributed by atoms with van der Waals surface area (Å²) in [5.74, 6) is -1.93. The van der Waals surface area contributed by atoms with Crippen LogP contribution < -0.4 is 10.1 Å². The van der Waals surface area contributed by atoms with Gasteiger partial charge in [0.1, 0.15) is 18.0 Å². The number of aliphatic carboxylic acids is 1. The molecule has 0 radical (unpaired) electrons. The van der Waals surface area contributed by atoms with Crippen molar-refractivity contribution in [2.24, 2.45) is 0 Å². The number of carboxylic acids is 1. The fourth-order valence-corrected chi connectivity index (χ4v) is 3.15. The molecule has 9 heteroatoms. The maximum absolute atomic E-state index is 12.5. The lowest BCUT2D eigenvalue weighted by atomic mass is 10.0. The number of fused-ring (bicyclic) bond motifs is 1. The lowest BCUT2D eigenvalue weighted by Gasteiger charge is -2.09. The third kappa shape index (κ3) is 3.76. The number of carboxylic acid groups (broad SMARTS) is 1. The first kappa shape index (κ1) is 19.9. The molecule has 0 bridgehead atoms. The number of pyridine rings is 1. The van der Waals surface area contributed by atoms with Crippen LogP contribution in [-0.4, -0.2) is 45.9 Å². The van der Waals surface area contributed by atoms with E-state index in [2.05, 4.69) is 15.5 Å². The maximum Gasteiger partial charge on any atom is 0.322 e. The van der Waals surface area contributed by atoms with Gasteiger partial charge in [-0.3, -0.25) is 9.59 Å². The number of aromatic hydroxyl groups is 1. The molecule has 0 aliphatic carbocycles. The second-order valence-electron chi connectivity index (χ2n) is 6.56. The number of ether oxygens (including phenoxy) is 1. The number of amides is 1. The van der Waals surface area contributed by atoms with E-state index in [1.54, 1.807) is 55.6 Å². The van der Waals surface area contributed by atoms with Crippen LogP contribution in [0.4, 0.5) is 0 Å². The van der Waals surface area contributed by atoms with Crippen LogP contribution in [0.15, 0.2) is 59.1 Å². The molecular weight excluding hydrogens is 402 g/mol. The minimum atomic E-state index is -1.22. The minimum Gasteiger partial charge on any atom is -0.503 e. The van der Waals surface area contributed by atoms with E-state index in [0.717, 1.165) is 0 Å². The maximum atomic E-state index is 12.5. The average Bonchev–Trinajstić information content (AvgIpc) is 3.24. The second kappa shape index (κ2) is 8.15. The number of nitrogens with one attached hydrogen (secondary N) is 1. The van der Waals surface area contributed by atoms with Gasteiger partial charge in [-0.05, 0) is 24.3 Å². The Morgan fingerprint density at radius 2 is 1.71 bits per heavy atom. The van der Waals surface area contributed by atoms with Gasteiger partial charge in [-0.15, -0.1) is 0 Å². The highest BCUT2D eigenvalue weighted by molar-refractivity contribution is 6.08. The quantitative estimate of drug-likeness (QED) is 0.434. The fraction of sp³-hybridized carbons (Fsp3) is 0.0909. The van der Waals surface area contributed by atoms with Gasteiger partial charge in [-0.2, -0.15) is 0 Å². The van der Waals surface area contributed by atoms with Crippen LogP contribution in [-0.2, 0) is 4.79 Å². The first-order chi connectivity index (χ1) is 15.0. The van der Waals surface area contributed by atoms with Crippen LogP contribution >= 0.6 is 0 Å². The highest BCUT2D eigenvalue weighted by Crippen LogP contribution is 2.40. The molecule has 2 aromatic heterocycles. The molecule has 3 N–H and O–H groups in total. The number of nitrogens with zero attached hydrogens (tertiary/aromatic N) is 2. The van der Waals surface area contributed by atoms with Crippen LogP contribution in [0, 0.1) is 0 Å². The summed E-state index contributed by atoms with van der Waals surface area (Å²) in [7, 11) is 1.56. The van der Waals surface area contributed by atoms with Crippen molar-refractivity contribution in [3.05, 3.63) is 60.3 Å². The number of rotatable bonds is 6. The van der Waals surface area contributed by atoms with Crippen molar-refractivity contribution in [2.45, 2.75) is 0 Å². The minimum absolute atomic E-state index is 0.0276. The van der Waals surface area contributed by atoms with Crippen molar-refractivity contribution in [3.63, 3.8) is 0 Å². The van der Waals surface area contributed by atoms with Crippen LogP contribution in [0.1, 0.15) is 10.5 Å². The predicted octanol–water partition coefficient (Wildman–Crippen LogP) is 3.09. The van der Waals surface area contributed by atoms with Gasteiger partial charge in [0.15, 0.2) is 11.4 Å². The Morgan fingerprint density at radius 3 is 2.35 bits per heavy atom. The summed E-state index contributed by atoms with van der Waals surface area (Å²) in [4.78, 5) is 27.6. The van der Waals surface area contributed by atoms with Crippen molar-refractivity contribution < 1.29 is 29.1 Å². The van der Waals surface area contributed by atoms with Crippen LogP contribution in [0.5, 0.6) is 11.5 Å². The van der Waals surface area contributed by atoms with Crippen LogP contribution in [0.25, 0.3) is 33.5 Å². The molecule has 0 aliphatic heterocycles. The van der Waals surface area contributed by atoms with Gasteiger partial charge in [-0.25, -0.2) is 4.98 Å². The zero-order chi connectivity index (χ0) is 22.0. The molecule has 1 amide bonds. The number of hydrogen-bond acceptors (Lipinski definition) is 7. The summed E-state index contributed by atoms with van der Waals surface area (Å²) in [6.07, 6.45) is 0. The van der Waals surface area contributed by atoms with E-state index in [-0.39, 0.29) is 11.3 Å². The third-order valence-electron chi connectivity index (χ3n) is 4.62. The molecule has 2 heterocycles. The van der Waals surface area contributed by atoms with Crippen molar-refractivity contribution in [1.82, 2.24) is 15.5 Å². The first-order valence-corrected chi connectivity index (χ1v) is 9.21. The fourth-order valence-electron chi connectivity index (χ4n) is 3.15. The summed E-state index contributed by atoms with van der Waals surface area (Å²) in [6.45, 7) is -0.619. The second-order valence-corrected chi connectivity index (χ2v) is 6.56. The Hall–Kier alpha value is -4.40. The van der Waals surface area contributed by atoms with Crippen molar-refractivity contribution >= 4 is 22.8 Å². The topological polar surface area (TPSA) is 135 Å². The van der Waals surface area contributed by atoms with Gasteiger partial charge in [0.2, 0.25) is 5.58 Å². The van der Waals surface area contributed by atoms with Crippen LogP contribution in [0.3, 0.4) is 0 Å². The Balaban J connectivity index is 1.94. The normalized spacial score (nSPS) is 10.7. The largest absolute Gasteiger partial charge is 0.503 e. The highest BCUT2D eigenvalue weighted by atomic mass is 16.5. The molecule has 0 aliphatic rings. The summed E-state index contributed by atoms with van der Waals surface area (Å²) < 4.78 is 10.6. The molecule has 0 spiro atoms. The van der Waals surface area contributed by atoms with Gasteiger partial charge in [0.25, 0.3) is 5.91 Å². The number of methoxy groups -OCH3 is 1. The highest BCUT2D eigenvalue weighted by Gasteiger charge is 2.26. The molecule has 31 heavy (non-hydrogen) atoms. The van der Waals surface area contributed by atoms with Gasteiger partial charge >= 0.3 is 5.97 Å². The summed E-state index contributed by atoms with van der Waals surface area (Å²) in [5.41, 5.74) is 1.77. The molecule has 0 fully saturated rings. The molecule has 156 valence electrons. The third-order valence-corrected chi connectivity index (χ3v) is 4.62. The summed E-state index contributed by atoms with van der Waals surface area (Å²) in [5, 5.41) is 26.2. The molecule has 0 saturated carbocycles. The zero-order valence-corrected chi connectivity index (χ0v) is 16.3. The van der Waals surface area contributed by atoms with E-state index >= 15 is 0 Å². The Morgan fingerprint density at radius 1 is 1.03 bits per heavy atom. The van der Waals surface area contributed by atoms with Crippen molar-refractivity contribution in [3.8, 4) is 34.0 Å². The number of hydrogen-bond donors (Lipinski definition) is 3. The molecule has 4 rings (SSSR count). The number of benzene rings is 2. The number of carbonyl (C=O) groups excluding carboxylic acids is 1. The molecular formula is C22H17N3O6. The van der Waals surface area contributed by atoms with E-state index in [1.165, 1.54) is 0 Å². The lowest BCUT2D eigenvalue weighted by Crippen LogP contribution is -2.30. The van der Waals surface area contributed by atoms with Gasteiger partial charge in [0.05, 0.1) is 18.2 Å². The van der Waals surface area contributed by atoms with E-state index in [4.69, 9.17) is 14.4 Å². The molecule has 4 aromatic rings. The van der Waals surface area contributed by atoms with Crippen molar-refractivity contribution in [1.29, 1.82) is 0 Å². The molecule has 0 atom stereocenters. The first-order valence-electron chi connectivity index (χ1n) is 9.21. The summed E-state index contributed by atoms with van der Waals surface area (Å²) >= 11 is 0. The molecule has 0 unspecified atom stereocenters. The molecule has 0 saturated heterocycles. The van der Waals surface area contributed by atoms with E-state index in [1.807, 2.05) is 6.07 Å². The van der Waals surface area contributed by atoms with Crippen molar-refractivity contribution in [2.75, 3.05) is 13.7 Å². The summed E-state index contributed by atoms with van der Waals surface area (Å²) in [6, 6.07) is 16.1. The average molecular weight is 419 g/mol. The molecule has 2 aromatic carbocycles. The van der Waals surface area contributed by atoms with E-state index in [0.29, 0.717) is 33.7 Å². The SMILES string of the molecule is COc1ccc(-c2noc3c(O)c(C(=O)NCC(=O)O)nc(-c4ccccc4)c23)cc1. The monoisotopic (exact) mass is 419 g/mol.